The molecule has 0 unspecified atom stereocenters. The number of hydrogen-bond acceptors (Lipinski definition) is 3. The van der Waals surface area contributed by atoms with Crippen LogP contribution in [0.2, 0.25) is 0 Å². The summed E-state index contributed by atoms with van der Waals surface area (Å²) in [5.74, 6) is -0.231. The molecule has 4 nitrogen and oxygen atoms in total. The van der Waals surface area contributed by atoms with Crippen molar-refractivity contribution in [3.05, 3.63) is 0 Å². The van der Waals surface area contributed by atoms with Crippen LogP contribution in [0.3, 0.4) is 0 Å². The van der Waals surface area contributed by atoms with Crippen molar-refractivity contribution in [3.8, 4) is 6.19 Å². The summed E-state index contributed by atoms with van der Waals surface area (Å²) < 4.78 is 0. The van der Waals surface area contributed by atoms with Crippen LogP contribution in [0.15, 0.2) is 0 Å². The molecule has 1 aliphatic rings. The summed E-state index contributed by atoms with van der Waals surface area (Å²) in [6.45, 7) is 0.531. The van der Waals surface area contributed by atoms with E-state index in [0.717, 1.165) is 17.7 Å². The monoisotopic (exact) mass is 153 g/mol. The first-order valence-electron chi connectivity index (χ1n) is 3.72. The number of hydrogen-bond donors (Lipinski definition) is 1. The third-order valence-corrected chi connectivity index (χ3v) is 1.85. The summed E-state index contributed by atoms with van der Waals surface area (Å²) in [7, 11) is 0. The Morgan fingerprint density at radius 1 is 1.64 bits per heavy atom. The molecular formula is C7H11N3O. The molecule has 4 heteroatoms. The molecule has 0 spiro atoms. The maximum atomic E-state index is 11.2. The van der Waals surface area contributed by atoms with Gasteiger partial charge < -0.3 is 5.73 Å². The molecule has 11 heavy (non-hydrogen) atoms. The van der Waals surface area contributed by atoms with Crippen molar-refractivity contribution in [2.24, 2.45) is 5.73 Å². The van der Waals surface area contributed by atoms with Crippen molar-refractivity contribution >= 4 is 5.91 Å². The number of carbonyl (C=O) groups is 1. The van der Waals surface area contributed by atoms with Crippen LogP contribution in [0.1, 0.15) is 19.3 Å². The fourth-order valence-electron chi connectivity index (χ4n) is 1.17. The van der Waals surface area contributed by atoms with Gasteiger partial charge in [-0.1, -0.05) is 0 Å². The fraction of sp³-hybridized carbons (Fsp3) is 0.714. The lowest BCUT2D eigenvalue weighted by Gasteiger charge is -2.12. The van der Waals surface area contributed by atoms with Gasteiger partial charge in [-0.15, -0.1) is 0 Å². The highest BCUT2D eigenvalue weighted by atomic mass is 16.2. The van der Waals surface area contributed by atoms with Gasteiger partial charge in [-0.3, -0.25) is 4.79 Å². The van der Waals surface area contributed by atoms with Gasteiger partial charge in [0.15, 0.2) is 6.19 Å². The molecule has 0 aromatic heterocycles. The van der Waals surface area contributed by atoms with Crippen LogP contribution in [0.4, 0.5) is 0 Å². The number of likely N-dealkylation sites (tertiary alicyclic amines) is 1. The van der Waals surface area contributed by atoms with Crippen LogP contribution < -0.4 is 5.73 Å². The number of rotatable bonds is 0. The minimum absolute atomic E-state index is 0.231. The Labute approximate surface area is 65.6 Å². The first-order valence-corrected chi connectivity index (χ1v) is 3.72. The normalized spacial score (nSPS) is 26.0. The zero-order valence-corrected chi connectivity index (χ0v) is 6.29. The maximum absolute atomic E-state index is 11.2. The molecular weight excluding hydrogens is 142 g/mol. The molecule has 60 valence electrons. The van der Waals surface area contributed by atoms with Crippen LogP contribution >= 0.6 is 0 Å². The largest absolute Gasteiger partial charge is 0.320 e. The van der Waals surface area contributed by atoms with E-state index in [-0.39, 0.29) is 5.91 Å². The Balaban J connectivity index is 2.66. The van der Waals surface area contributed by atoms with Crippen molar-refractivity contribution in [1.29, 1.82) is 5.26 Å². The molecule has 0 saturated carbocycles. The van der Waals surface area contributed by atoms with Gasteiger partial charge in [-0.25, -0.2) is 4.90 Å². The Kier molecular flexibility index (Phi) is 2.44. The summed E-state index contributed by atoms with van der Waals surface area (Å²) in [6, 6.07) is -0.461. The Hall–Kier alpha value is -1.08. The molecule has 0 aromatic carbocycles. The van der Waals surface area contributed by atoms with Gasteiger partial charge >= 0.3 is 0 Å². The molecule has 2 N–H and O–H groups in total. The highest BCUT2D eigenvalue weighted by Gasteiger charge is 2.23. The van der Waals surface area contributed by atoms with Crippen molar-refractivity contribution in [3.63, 3.8) is 0 Å². The minimum atomic E-state index is -0.461. The number of nitriles is 1. The summed E-state index contributed by atoms with van der Waals surface area (Å²) in [6.07, 6.45) is 4.35. The van der Waals surface area contributed by atoms with Gasteiger partial charge in [0.1, 0.15) is 0 Å². The zero-order valence-electron chi connectivity index (χ0n) is 6.29. The molecule has 0 aliphatic carbocycles. The summed E-state index contributed by atoms with van der Waals surface area (Å²) in [4.78, 5) is 12.3. The molecule has 1 saturated heterocycles. The number of carbonyl (C=O) groups excluding carboxylic acids is 1. The van der Waals surface area contributed by atoms with Crippen molar-refractivity contribution in [2.75, 3.05) is 6.54 Å². The van der Waals surface area contributed by atoms with E-state index in [1.807, 2.05) is 6.19 Å². The first kappa shape index (κ1) is 8.02. The van der Waals surface area contributed by atoms with Crippen LogP contribution in [0.25, 0.3) is 0 Å². The summed E-state index contributed by atoms with van der Waals surface area (Å²) in [5.41, 5.74) is 5.50. The van der Waals surface area contributed by atoms with Crippen molar-refractivity contribution < 1.29 is 4.79 Å². The molecule has 0 aromatic rings. The lowest BCUT2D eigenvalue weighted by molar-refractivity contribution is -0.129. The van der Waals surface area contributed by atoms with E-state index >= 15 is 0 Å². The maximum Gasteiger partial charge on any atom is 0.252 e. The zero-order chi connectivity index (χ0) is 8.27. The summed E-state index contributed by atoms with van der Waals surface area (Å²) >= 11 is 0. The smallest absolute Gasteiger partial charge is 0.252 e. The van der Waals surface area contributed by atoms with E-state index in [4.69, 9.17) is 11.0 Å². The highest BCUT2D eigenvalue weighted by Crippen LogP contribution is 2.08. The average molecular weight is 153 g/mol. The average Bonchev–Trinajstić information content (AvgIpc) is 2.16. The highest BCUT2D eigenvalue weighted by molar-refractivity contribution is 5.83. The minimum Gasteiger partial charge on any atom is -0.320 e. The first-order chi connectivity index (χ1) is 5.25. The summed E-state index contributed by atoms with van der Waals surface area (Å²) in [5, 5.41) is 8.50. The second-order valence-corrected chi connectivity index (χ2v) is 2.69. The molecule has 1 atom stereocenters. The molecule has 0 radical (unpaired) electrons. The molecule has 1 amide bonds. The van der Waals surface area contributed by atoms with E-state index < -0.39 is 6.04 Å². The molecule has 1 rings (SSSR count). The van der Waals surface area contributed by atoms with E-state index in [0.29, 0.717) is 13.0 Å². The number of nitrogens with two attached hydrogens (primary N) is 1. The van der Waals surface area contributed by atoms with Gasteiger partial charge in [0.25, 0.3) is 5.91 Å². The van der Waals surface area contributed by atoms with Crippen molar-refractivity contribution in [2.45, 2.75) is 25.3 Å². The SMILES string of the molecule is N#CN1CCCC[C@@H](N)C1=O. The second-order valence-electron chi connectivity index (χ2n) is 2.69. The van der Waals surface area contributed by atoms with Crippen LogP contribution in [0.5, 0.6) is 0 Å². The predicted octanol–water partition coefficient (Wildman–Crippen LogP) is -0.193. The number of amides is 1. The van der Waals surface area contributed by atoms with Crippen LogP contribution in [-0.2, 0) is 4.79 Å². The standard InChI is InChI=1S/C7H11N3O/c8-5-10-4-2-1-3-6(9)7(10)11/h6H,1-4,9H2/t6-/m1/s1. The van der Waals surface area contributed by atoms with Gasteiger partial charge in [-0.05, 0) is 19.3 Å². The van der Waals surface area contributed by atoms with Crippen LogP contribution in [-0.4, -0.2) is 23.4 Å². The predicted molar refractivity (Wildman–Crippen MR) is 39.2 cm³/mol. The van der Waals surface area contributed by atoms with E-state index in [9.17, 15) is 4.79 Å². The second kappa shape index (κ2) is 3.35. The van der Waals surface area contributed by atoms with Gasteiger partial charge in [0.05, 0.1) is 6.04 Å². The Morgan fingerprint density at radius 2 is 2.36 bits per heavy atom. The van der Waals surface area contributed by atoms with E-state index in [1.54, 1.807) is 0 Å². The van der Waals surface area contributed by atoms with E-state index in [1.165, 1.54) is 0 Å². The lowest BCUT2D eigenvalue weighted by Crippen LogP contribution is -2.39. The molecule has 1 aliphatic heterocycles. The van der Waals surface area contributed by atoms with Crippen molar-refractivity contribution in [1.82, 2.24) is 4.90 Å². The molecule has 1 heterocycles. The third-order valence-electron chi connectivity index (χ3n) is 1.85. The topological polar surface area (TPSA) is 70.1 Å². The number of nitrogens with zero attached hydrogens (tertiary/aromatic N) is 2. The Bertz CT molecular complexity index is 196. The lowest BCUT2D eigenvalue weighted by atomic mass is 10.1. The fourth-order valence-corrected chi connectivity index (χ4v) is 1.17. The van der Waals surface area contributed by atoms with E-state index in [2.05, 4.69) is 0 Å². The van der Waals surface area contributed by atoms with Gasteiger partial charge in [0.2, 0.25) is 0 Å². The van der Waals surface area contributed by atoms with Gasteiger partial charge in [-0.2, -0.15) is 5.26 Å². The molecule has 1 fully saturated rings. The Morgan fingerprint density at radius 3 is 3.00 bits per heavy atom. The molecule has 0 bridgehead atoms. The van der Waals surface area contributed by atoms with Gasteiger partial charge in [0, 0.05) is 6.54 Å². The van der Waals surface area contributed by atoms with Crippen LogP contribution in [0, 0.1) is 11.5 Å². The third kappa shape index (κ3) is 1.69. The quantitative estimate of drug-likeness (QED) is 0.490.